The van der Waals surface area contributed by atoms with Gasteiger partial charge in [-0.2, -0.15) is 0 Å². The van der Waals surface area contributed by atoms with E-state index in [1.165, 1.54) is 47.2 Å². The van der Waals surface area contributed by atoms with E-state index in [1.807, 2.05) is 0 Å². The van der Waals surface area contributed by atoms with Crippen LogP contribution in [0.25, 0.3) is 21.5 Å². The molecule has 13 rings (SSSR count). The molecule has 0 heterocycles. The number of rotatable bonds is 2. The van der Waals surface area contributed by atoms with Gasteiger partial charge in [0.1, 0.15) is 0 Å². The predicted octanol–water partition coefficient (Wildman–Crippen LogP) is 13.3. The summed E-state index contributed by atoms with van der Waals surface area (Å²) in [7, 11) is 0. The molecule has 0 heteroatoms. The summed E-state index contributed by atoms with van der Waals surface area (Å²) < 4.78 is 0. The average Bonchev–Trinajstić information content (AvgIpc) is 3.78. The maximum Gasteiger partial charge on any atom is -0.00965 e. The molecule has 4 aromatic carbocycles. The molecule has 9 fully saturated rings. The lowest BCUT2D eigenvalue weighted by atomic mass is 9.40. The molecule has 0 N–H and O–H groups in total. The maximum absolute atomic E-state index is 2.71. The molecule has 268 valence electrons. The van der Waals surface area contributed by atoms with Crippen LogP contribution in [0.15, 0.2) is 84.9 Å². The first-order valence-corrected chi connectivity index (χ1v) is 22.8. The minimum atomic E-state index is 0.753. The smallest absolute Gasteiger partial charge is 0.00965 e. The van der Waals surface area contributed by atoms with E-state index < -0.39 is 0 Å². The molecule has 14 unspecified atom stereocenters. The number of benzene rings is 4. The van der Waals surface area contributed by atoms with Gasteiger partial charge in [-0.1, -0.05) is 97.8 Å². The Morgan fingerprint density at radius 3 is 1.17 bits per heavy atom. The molecular formula is C52H60. The van der Waals surface area contributed by atoms with Crippen molar-refractivity contribution in [1.29, 1.82) is 0 Å². The SMILES string of the molecule is c1ccc2cc(C3C4CCCCC4C(c4ccc5ccccc5c4)C4C5CCC6C7CCC8CCC9CCC(C%10CCC(C5C%106)C34)C7C98)ccc2c1. The van der Waals surface area contributed by atoms with Crippen molar-refractivity contribution >= 4 is 21.5 Å². The Bertz CT molecular complexity index is 1880. The summed E-state index contributed by atoms with van der Waals surface area (Å²) in [4.78, 5) is 0. The molecule has 0 aromatic heterocycles. The highest BCUT2D eigenvalue weighted by molar-refractivity contribution is 5.84. The second-order valence-corrected chi connectivity index (χ2v) is 20.7. The van der Waals surface area contributed by atoms with Crippen LogP contribution in [0.2, 0.25) is 0 Å². The van der Waals surface area contributed by atoms with Gasteiger partial charge in [0, 0.05) is 0 Å². The van der Waals surface area contributed by atoms with Crippen molar-refractivity contribution < 1.29 is 0 Å². The Morgan fingerprint density at radius 2 is 0.673 bits per heavy atom. The van der Waals surface area contributed by atoms with Gasteiger partial charge in [0.05, 0.1) is 0 Å². The quantitative estimate of drug-likeness (QED) is 0.197. The van der Waals surface area contributed by atoms with Crippen molar-refractivity contribution in [3.8, 4) is 0 Å². The van der Waals surface area contributed by atoms with Crippen molar-refractivity contribution in [3.05, 3.63) is 96.1 Å². The Hall–Kier alpha value is -2.60. The van der Waals surface area contributed by atoms with Crippen LogP contribution < -0.4 is 0 Å². The Labute approximate surface area is 312 Å². The van der Waals surface area contributed by atoms with E-state index in [9.17, 15) is 0 Å². The molecule has 0 nitrogen and oxygen atoms in total. The van der Waals surface area contributed by atoms with Crippen molar-refractivity contribution in [1.82, 2.24) is 0 Å². The summed E-state index contributed by atoms with van der Waals surface area (Å²) in [5.74, 6) is 17.7. The molecule has 14 atom stereocenters. The fraction of sp³-hybridized carbons (Fsp3) is 0.615. The first kappa shape index (κ1) is 30.7. The minimum absolute atomic E-state index is 0.753. The fourth-order valence-electron chi connectivity index (χ4n) is 18.8. The van der Waals surface area contributed by atoms with E-state index in [0.29, 0.717) is 0 Å². The first-order valence-electron chi connectivity index (χ1n) is 22.8. The van der Waals surface area contributed by atoms with Gasteiger partial charge in [-0.3, -0.25) is 0 Å². The van der Waals surface area contributed by atoms with Crippen molar-refractivity contribution in [2.24, 2.45) is 94.7 Å². The third-order valence-corrected chi connectivity index (χ3v) is 19.7. The second-order valence-electron chi connectivity index (χ2n) is 20.7. The Morgan fingerprint density at radius 1 is 0.288 bits per heavy atom. The molecule has 9 aliphatic rings. The van der Waals surface area contributed by atoms with Crippen molar-refractivity contribution in [3.63, 3.8) is 0 Å². The lowest BCUT2D eigenvalue weighted by molar-refractivity contribution is -0.169. The molecule has 0 spiro atoms. The van der Waals surface area contributed by atoms with Gasteiger partial charge in [-0.25, -0.2) is 0 Å². The van der Waals surface area contributed by atoms with Crippen LogP contribution in [0.1, 0.15) is 113 Å². The third kappa shape index (κ3) is 4.12. The third-order valence-electron chi connectivity index (χ3n) is 19.7. The highest BCUT2D eigenvalue weighted by Gasteiger charge is 2.70. The Balaban J connectivity index is 0.973. The van der Waals surface area contributed by atoms with Crippen LogP contribution in [-0.4, -0.2) is 0 Å². The summed E-state index contributed by atoms with van der Waals surface area (Å²) in [6.07, 6.45) is 21.7. The molecule has 4 aromatic rings. The molecule has 52 heavy (non-hydrogen) atoms. The summed E-state index contributed by atoms with van der Waals surface area (Å²) in [5.41, 5.74) is 3.47. The Kier molecular flexibility index (Phi) is 6.77. The topological polar surface area (TPSA) is 0 Å². The van der Waals surface area contributed by atoms with Crippen molar-refractivity contribution in [2.45, 2.75) is 102 Å². The van der Waals surface area contributed by atoms with Crippen LogP contribution in [0.3, 0.4) is 0 Å². The lowest BCUT2D eigenvalue weighted by Crippen LogP contribution is -2.59. The molecule has 9 aliphatic carbocycles. The zero-order valence-electron chi connectivity index (χ0n) is 31.4. The number of hydrogen-bond donors (Lipinski definition) is 0. The van der Waals surface area contributed by atoms with E-state index in [2.05, 4.69) is 84.9 Å². The van der Waals surface area contributed by atoms with Gasteiger partial charge in [0.25, 0.3) is 0 Å². The van der Waals surface area contributed by atoms with E-state index in [4.69, 9.17) is 0 Å². The average molecular weight is 685 g/mol. The van der Waals surface area contributed by atoms with E-state index >= 15 is 0 Å². The summed E-state index contributed by atoms with van der Waals surface area (Å²) in [5, 5.41) is 5.83. The van der Waals surface area contributed by atoms with Crippen LogP contribution in [0.4, 0.5) is 0 Å². The van der Waals surface area contributed by atoms with Gasteiger partial charge in [-0.05, 0) is 216 Å². The van der Waals surface area contributed by atoms with Crippen LogP contribution >= 0.6 is 0 Å². The molecule has 0 bridgehead atoms. The molecule has 0 amide bonds. The molecule has 0 aliphatic heterocycles. The highest BCUT2D eigenvalue weighted by atomic mass is 14.7. The van der Waals surface area contributed by atoms with E-state index in [-0.39, 0.29) is 0 Å². The largest absolute Gasteiger partial charge is 0.0616 e. The minimum Gasteiger partial charge on any atom is -0.0616 e. The lowest BCUT2D eigenvalue weighted by Gasteiger charge is -2.65. The summed E-state index contributed by atoms with van der Waals surface area (Å²) in [6, 6.07) is 34.3. The molecule has 9 saturated carbocycles. The fourth-order valence-corrected chi connectivity index (χ4v) is 18.8. The van der Waals surface area contributed by atoms with E-state index in [0.717, 1.165) is 107 Å². The second kappa shape index (κ2) is 11.5. The van der Waals surface area contributed by atoms with Crippen LogP contribution in [-0.2, 0) is 0 Å². The zero-order valence-corrected chi connectivity index (χ0v) is 31.4. The van der Waals surface area contributed by atoms with E-state index in [1.54, 1.807) is 75.3 Å². The zero-order chi connectivity index (χ0) is 33.7. The summed E-state index contributed by atoms with van der Waals surface area (Å²) >= 11 is 0. The predicted molar refractivity (Wildman–Crippen MR) is 214 cm³/mol. The standard InChI is InChI=1S/C52H60/c1-3-9-33-27-35(17-13-29(33)7-1)46-37-11-5-6-12-38(37)47(36-18-14-30-8-2-4-10-34(30)28-36)52-44-26-24-42-40-22-20-32-16-15-31-19-21-39(48(40)45(31)32)41-23-25-43(51(46)52)50(44)49(41)42/h1-4,7-10,13-14,17-18,27-28,31-32,37-52H,5-6,11-12,15-16,19-26H2. The van der Waals surface area contributed by atoms with Crippen LogP contribution in [0.5, 0.6) is 0 Å². The molecule has 0 radical (unpaired) electrons. The van der Waals surface area contributed by atoms with Crippen molar-refractivity contribution in [2.75, 3.05) is 0 Å². The summed E-state index contributed by atoms with van der Waals surface area (Å²) in [6.45, 7) is 0. The number of hydrogen-bond acceptors (Lipinski definition) is 0. The molecule has 0 saturated heterocycles. The highest BCUT2D eigenvalue weighted by Crippen LogP contribution is 2.77. The van der Waals surface area contributed by atoms with Crippen LogP contribution in [0, 0.1) is 94.7 Å². The van der Waals surface area contributed by atoms with Gasteiger partial charge >= 0.3 is 0 Å². The van der Waals surface area contributed by atoms with Gasteiger partial charge in [-0.15, -0.1) is 0 Å². The van der Waals surface area contributed by atoms with Gasteiger partial charge in [0.15, 0.2) is 0 Å². The number of fused-ring (bicyclic) bond motifs is 8. The molecular weight excluding hydrogens is 625 g/mol. The van der Waals surface area contributed by atoms with Gasteiger partial charge < -0.3 is 0 Å². The van der Waals surface area contributed by atoms with Gasteiger partial charge in [0.2, 0.25) is 0 Å². The first-order chi connectivity index (χ1) is 25.8. The normalized spacial score (nSPS) is 48.1. The monoisotopic (exact) mass is 684 g/mol. The maximum atomic E-state index is 2.71.